The van der Waals surface area contributed by atoms with Crippen LogP contribution in [-0.2, 0) is 17.8 Å². The zero-order valence-electron chi connectivity index (χ0n) is 14.0. The van der Waals surface area contributed by atoms with E-state index < -0.39 is 17.2 Å². The molecular weight excluding hydrogens is 355 g/mol. The molecule has 0 fully saturated rings. The second-order valence-corrected chi connectivity index (χ2v) is 6.80. The SMILES string of the molecule is [C-]#[N+]c1ccc(CC(=O)[C@@](C)(O)Cn2cc(F)c3ccccc32)cc1Cl. The number of para-hydroxylation sites is 1. The lowest BCUT2D eigenvalue weighted by Crippen LogP contribution is -2.40. The lowest BCUT2D eigenvalue weighted by Gasteiger charge is -2.23. The van der Waals surface area contributed by atoms with Crippen molar-refractivity contribution >= 4 is 34.0 Å². The Balaban J connectivity index is 1.82. The monoisotopic (exact) mass is 370 g/mol. The predicted octanol–water partition coefficient (Wildman–Crippen LogP) is 4.55. The van der Waals surface area contributed by atoms with Gasteiger partial charge in [-0.15, -0.1) is 0 Å². The van der Waals surface area contributed by atoms with Crippen LogP contribution in [0.25, 0.3) is 15.7 Å². The number of ketones is 1. The minimum absolute atomic E-state index is 0.0350. The maximum absolute atomic E-state index is 14.0. The molecule has 0 saturated heterocycles. The summed E-state index contributed by atoms with van der Waals surface area (Å²) in [6, 6.07) is 11.6. The highest BCUT2D eigenvalue weighted by molar-refractivity contribution is 6.33. The first-order chi connectivity index (χ1) is 12.3. The van der Waals surface area contributed by atoms with Crippen LogP contribution in [0.4, 0.5) is 10.1 Å². The number of fused-ring (bicyclic) bond motifs is 1. The van der Waals surface area contributed by atoms with E-state index >= 15 is 0 Å². The lowest BCUT2D eigenvalue weighted by molar-refractivity contribution is -0.136. The number of hydrogen-bond donors (Lipinski definition) is 1. The van der Waals surface area contributed by atoms with Gasteiger partial charge in [-0.25, -0.2) is 9.24 Å². The average molecular weight is 371 g/mol. The van der Waals surface area contributed by atoms with Gasteiger partial charge < -0.3 is 9.67 Å². The number of hydrogen-bond acceptors (Lipinski definition) is 2. The van der Waals surface area contributed by atoms with E-state index in [0.717, 1.165) is 0 Å². The van der Waals surface area contributed by atoms with E-state index in [4.69, 9.17) is 18.2 Å². The van der Waals surface area contributed by atoms with Crippen LogP contribution in [-0.4, -0.2) is 21.1 Å². The van der Waals surface area contributed by atoms with Crippen LogP contribution in [0.1, 0.15) is 12.5 Å². The molecule has 2 aromatic carbocycles. The molecule has 0 aliphatic carbocycles. The summed E-state index contributed by atoms with van der Waals surface area (Å²) in [6.45, 7) is 8.34. The molecule has 0 amide bonds. The summed E-state index contributed by atoms with van der Waals surface area (Å²) in [5.74, 6) is -0.812. The topological polar surface area (TPSA) is 46.6 Å². The third-order valence-corrected chi connectivity index (χ3v) is 4.62. The van der Waals surface area contributed by atoms with Crippen molar-refractivity contribution in [3.8, 4) is 0 Å². The molecule has 0 saturated carbocycles. The number of rotatable bonds is 5. The number of benzene rings is 2. The van der Waals surface area contributed by atoms with Gasteiger partial charge in [-0.2, -0.15) is 0 Å². The van der Waals surface area contributed by atoms with E-state index in [-0.39, 0.29) is 18.0 Å². The largest absolute Gasteiger partial charge is 0.380 e. The standard InChI is InChI=1S/C20H16ClFN2O2/c1-20(26,12-24-11-16(22)14-5-3-4-6-18(14)24)19(25)10-13-7-8-17(23-2)15(21)9-13/h3-9,11,26H,10,12H2,1H3/t20-/m0/s1. The summed E-state index contributed by atoms with van der Waals surface area (Å²) >= 11 is 5.99. The summed E-state index contributed by atoms with van der Waals surface area (Å²) in [4.78, 5) is 15.9. The fourth-order valence-electron chi connectivity index (χ4n) is 2.88. The number of carbonyl (C=O) groups excluding carboxylic acids is 1. The highest BCUT2D eigenvalue weighted by Gasteiger charge is 2.31. The Morgan fingerprint density at radius 3 is 2.77 bits per heavy atom. The van der Waals surface area contributed by atoms with Crippen LogP contribution in [0.2, 0.25) is 5.02 Å². The van der Waals surface area contributed by atoms with Crippen LogP contribution in [0.3, 0.4) is 0 Å². The lowest BCUT2D eigenvalue weighted by atomic mass is 9.95. The van der Waals surface area contributed by atoms with Gasteiger partial charge in [-0.1, -0.05) is 41.9 Å². The van der Waals surface area contributed by atoms with Crippen LogP contribution >= 0.6 is 11.6 Å². The van der Waals surface area contributed by atoms with Crippen LogP contribution < -0.4 is 0 Å². The zero-order valence-corrected chi connectivity index (χ0v) is 14.8. The van der Waals surface area contributed by atoms with Gasteiger partial charge >= 0.3 is 0 Å². The first kappa shape index (κ1) is 18.1. The first-order valence-electron chi connectivity index (χ1n) is 7.97. The second-order valence-electron chi connectivity index (χ2n) is 6.39. The van der Waals surface area contributed by atoms with Gasteiger partial charge in [0.1, 0.15) is 11.4 Å². The fraction of sp³-hybridized carbons (Fsp3) is 0.200. The highest BCUT2D eigenvalue weighted by atomic mass is 35.5. The third kappa shape index (κ3) is 3.48. The highest BCUT2D eigenvalue weighted by Crippen LogP contribution is 2.27. The molecule has 6 heteroatoms. The molecule has 0 spiro atoms. The maximum atomic E-state index is 14.0. The Labute approximate surface area is 155 Å². The molecule has 0 bridgehead atoms. The summed E-state index contributed by atoms with van der Waals surface area (Å²) in [6.07, 6.45) is 1.25. The number of nitrogens with zero attached hydrogens (tertiary/aromatic N) is 2. The molecule has 132 valence electrons. The number of aliphatic hydroxyl groups is 1. The summed E-state index contributed by atoms with van der Waals surface area (Å²) in [7, 11) is 0. The smallest absolute Gasteiger partial charge is 0.205 e. The minimum atomic E-state index is -1.68. The number of aromatic nitrogens is 1. The molecule has 3 aromatic rings. The molecule has 26 heavy (non-hydrogen) atoms. The van der Waals surface area contributed by atoms with Gasteiger partial charge in [0.2, 0.25) is 5.69 Å². The normalized spacial score (nSPS) is 13.3. The molecule has 0 unspecified atom stereocenters. The minimum Gasteiger partial charge on any atom is -0.380 e. The molecule has 3 rings (SSSR count). The summed E-state index contributed by atoms with van der Waals surface area (Å²) in [5, 5.41) is 11.4. The van der Waals surface area contributed by atoms with Crippen molar-refractivity contribution in [1.29, 1.82) is 0 Å². The van der Waals surface area contributed by atoms with Crippen molar-refractivity contribution in [3.63, 3.8) is 0 Å². The van der Waals surface area contributed by atoms with Crippen molar-refractivity contribution in [2.45, 2.75) is 25.5 Å². The Bertz CT molecular complexity index is 1030. The summed E-state index contributed by atoms with van der Waals surface area (Å²) < 4.78 is 15.6. The Morgan fingerprint density at radius 1 is 1.35 bits per heavy atom. The van der Waals surface area contributed by atoms with E-state index in [1.54, 1.807) is 42.5 Å². The van der Waals surface area contributed by atoms with E-state index in [2.05, 4.69) is 4.85 Å². The third-order valence-electron chi connectivity index (χ3n) is 4.32. The van der Waals surface area contributed by atoms with Gasteiger partial charge in [-0.05, 0) is 24.6 Å². The number of carbonyl (C=O) groups is 1. The molecule has 0 aliphatic heterocycles. The molecule has 4 nitrogen and oxygen atoms in total. The maximum Gasteiger partial charge on any atom is 0.205 e. The van der Waals surface area contributed by atoms with Gasteiger partial charge in [0.05, 0.1) is 18.6 Å². The molecule has 0 aliphatic rings. The van der Waals surface area contributed by atoms with Crippen LogP contribution in [0, 0.1) is 12.4 Å². The van der Waals surface area contributed by atoms with Gasteiger partial charge in [0.15, 0.2) is 5.78 Å². The van der Waals surface area contributed by atoms with Gasteiger partial charge in [-0.3, -0.25) is 4.79 Å². The van der Waals surface area contributed by atoms with E-state index in [0.29, 0.717) is 22.2 Å². The van der Waals surface area contributed by atoms with E-state index in [9.17, 15) is 14.3 Å². The zero-order chi connectivity index (χ0) is 18.9. The van der Waals surface area contributed by atoms with Crippen molar-refractivity contribution in [2.75, 3.05) is 0 Å². The van der Waals surface area contributed by atoms with Gasteiger partial charge in [0, 0.05) is 23.0 Å². The van der Waals surface area contributed by atoms with E-state index in [1.807, 2.05) is 0 Å². The van der Waals surface area contributed by atoms with Gasteiger partial charge in [0.25, 0.3) is 0 Å². The second kappa shape index (κ2) is 6.91. The Hall–Kier alpha value is -2.68. The van der Waals surface area contributed by atoms with E-state index in [1.165, 1.54) is 17.7 Å². The molecule has 0 radical (unpaired) electrons. The molecule has 1 aromatic heterocycles. The van der Waals surface area contributed by atoms with Crippen molar-refractivity contribution < 1.29 is 14.3 Å². The number of Topliss-reactive ketones (excluding diaryl/α,β-unsaturated/α-hetero) is 1. The van der Waals surface area contributed by atoms with Crippen LogP contribution in [0.5, 0.6) is 0 Å². The first-order valence-corrected chi connectivity index (χ1v) is 8.34. The molecular formula is C20H16ClFN2O2. The van der Waals surface area contributed by atoms with Crippen molar-refractivity contribution in [3.05, 3.63) is 76.5 Å². The number of halogens is 2. The fourth-order valence-corrected chi connectivity index (χ4v) is 3.12. The molecule has 1 heterocycles. The molecule has 1 N–H and O–H groups in total. The summed E-state index contributed by atoms with van der Waals surface area (Å²) in [5.41, 5.74) is -0.151. The predicted molar refractivity (Wildman–Crippen MR) is 98.9 cm³/mol. The molecule has 1 atom stereocenters. The average Bonchev–Trinajstić information content (AvgIpc) is 2.91. The van der Waals surface area contributed by atoms with Crippen LogP contribution in [0.15, 0.2) is 48.7 Å². The van der Waals surface area contributed by atoms with Crippen molar-refractivity contribution in [2.24, 2.45) is 0 Å². The Kier molecular flexibility index (Phi) is 4.82. The van der Waals surface area contributed by atoms with Crippen molar-refractivity contribution in [1.82, 2.24) is 4.57 Å². The Morgan fingerprint density at radius 2 is 2.08 bits per heavy atom. The quantitative estimate of drug-likeness (QED) is 0.670.